The third-order valence-electron chi connectivity index (χ3n) is 4.19. The molecule has 6 nitrogen and oxygen atoms in total. The van der Waals surface area contributed by atoms with Crippen LogP contribution in [0.1, 0.15) is 28.9 Å². The molecule has 0 amide bonds. The molecular weight excluding hydrogens is 464 g/mol. The molecule has 0 bridgehead atoms. The first-order valence-electron chi connectivity index (χ1n) is 8.34. The molecule has 1 atom stereocenters. The van der Waals surface area contributed by atoms with E-state index in [1.807, 2.05) is 13.8 Å². The molecule has 1 aromatic carbocycles. The van der Waals surface area contributed by atoms with Crippen molar-refractivity contribution in [2.24, 2.45) is 4.99 Å². The highest BCUT2D eigenvalue weighted by Crippen LogP contribution is 2.25. The number of benzene rings is 1. The Bertz CT molecular complexity index is 936. The molecule has 27 heavy (non-hydrogen) atoms. The van der Waals surface area contributed by atoms with Gasteiger partial charge in [0.05, 0.1) is 13.1 Å². The fourth-order valence-corrected chi connectivity index (χ4v) is 2.72. The van der Waals surface area contributed by atoms with Crippen molar-refractivity contribution in [3.8, 4) is 0 Å². The second kappa shape index (κ2) is 9.23. The summed E-state index contributed by atoms with van der Waals surface area (Å²) in [6.45, 7) is 4.35. The van der Waals surface area contributed by atoms with Gasteiger partial charge in [-0.1, -0.05) is 0 Å². The van der Waals surface area contributed by atoms with Gasteiger partial charge in [-0.3, -0.25) is 4.99 Å². The number of aliphatic imine (C=N–C) groups is 1. The number of rotatable bonds is 5. The molecule has 0 fully saturated rings. The van der Waals surface area contributed by atoms with Gasteiger partial charge >= 0.3 is 0 Å². The lowest BCUT2D eigenvalue weighted by Crippen LogP contribution is -2.39. The Balaban J connectivity index is 0.00000261. The first-order valence-corrected chi connectivity index (χ1v) is 8.34. The van der Waals surface area contributed by atoms with E-state index in [-0.39, 0.29) is 36.3 Å². The van der Waals surface area contributed by atoms with Crippen LogP contribution in [0.3, 0.4) is 0 Å². The molecule has 1 unspecified atom stereocenters. The van der Waals surface area contributed by atoms with Crippen LogP contribution in [-0.4, -0.2) is 24.7 Å². The number of aliphatic hydroxyl groups is 1. The molecule has 2 aromatic heterocycles. The number of aryl methyl sites for hydroxylation is 2. The number of halogens is 2. The van der Waals surface area contributed by atoms with E-state index >= 15 is 0 Å². The van der Waals surface area contributed by atoms with Gasteiger partial charge in [0.2, 0.25) is 0 Å². The van der Waals surface area contributed by atoms with Crippen LogP contribution >= 0.6 is 24.0 Å². The van der Waals surface area contributed by atoms with Gasteiger partial charge in [-0.2, -0.15) is 0 Å². The normalized spacial score (nSPS) is 12.7. The van der Waals surface area contributed by atoms with Crippen molar-refractivity contribution in [2.75, 3.05) is 13.6 Å². The topological polar surface area (TPSA) is 82.9 Å². The molecule has 3 N–H and O–H groups in total. The van der Waals surface area contributed by atoms with E-state index in [2.05, 4.69) is 15.6 Å². The van der Waals surface area contributed by atoms with E-state index in [0.29, 0.717) is 29.6 Å². The summed E-state index contributed by atoms with van der Waals surface area (Å²) >= 11 is 0. The van der Waals surface area contributed by atoms with Crippen molar-refractivity contribution >= 4 is 40.9 Å². The smallest absolute Gasteiger partial charge is 0.191 e. The number of hydrogen-bond donors (Lipinski definition) is 3. The number of fused-ring (bicyclic) bond motifs is 1. The standard InChI is InChI=1S/C19H22FN3O3.HI/c1-11-4-6-17(25-11)15(24)9-22-19(21-3)23-10-18-12(2)14-8-13(20)5-7-16(14)26-18;/h4-8,15,24H,9-10H2,1-3H3,(H2,21,22,23);1H. The van der Waals surface area contributed by atoms with E-state index in [1.165, 1.54) is 12.1 Å². The van der Waals surface area contributed by atoms with Crippen molar-refractivity contribution in [1.82, 2.24) is 10.6 Å². The van der Waals surface area contributed by atoms with Crippen LogP contribution in [0.25, 0.3) is 11.0 Å². The number of furan rings is 2. The van der Waals surface area contributed by atoms with Gasteiger partial charge in [0, 0.05) is 18.0 Å². The van der Waals surface area contributed by atoms with E-state index in [9.17, 15) is 9.50 Å². The summed E-state index contributed by atoms with van der Waals surface area (Å²) in [5, 5.41) is 17.1. The Labute approximate surface area is 173 Å². The highest BCUT2D eigenvalue weighted by Gasteiger charge is 2.14. The van der Waals surface area contributed by atoms with E-state index in [1.54, 1.807) is 25.2 Å². The SMILES string of the molecule is CN=C(NCc1oc2ccc(F)cc2c1C)NCC(O)c1ccc(C)o1.I. The monoisotopic (exact) mass is 487 g/mol. The molecule has 0 aliphatic heterocycles. The Morgan fingerprint density at radius 2 is 1.96 bits per heavy atom. The summed E-state index contributed by atoms with van der Waals surface area (Å²) in [5.74, 6) is 2.17. The van der Waals surface area contributed by atoms with E-state index in [4.69, 9.17) is 8.83 Å². The Kier molecular flexibility index (Phi) is 7.25. The number of aliphatic hydroxyl groups excluding tert-OH is 1. The molecule has 0 saturated carbocycles. The van der Waals surface area contributed by atoms with Gasteiger partial charge in [0.15, 0.2) is 5.96 Å². The van der Waals surface area contributed by atoms with E-state index in [0.717, 1.165) is 16.7 Å². The molecule has 3 aromatic rings. The third-order valence-corrected chi connectivity index (χ3v) is 4.19. The zero-order valence-electron chi connectivity index (χ0n) is 15.4. The van der Waals surface area contributed by atoms with Gasteiger partial charge < -0.3 is 24.6 Å². The summed E-state index contributed by atoms with van der Waals surface area (Å²) in [4.78, 5) is 4.12. The summed E-state index contributed by atoms with van der Waals surface area (Å²) in [6, 6.07) is 8.01. The third kappa shape index (κ3) is 5.01. The lowest BCUT2D eigenvalue weighted by Gasteiger charge is -2.13. The Morgan fingerprint density at radius 3 is 2.63 bits per heavy atom. The summed E-state index contributed by atoms with van der Waals surface area (Å²) < 4.78 is 24.6. The maximum absolute atomic E-state index is 13.4. The van der Waals surface area contributed by atoms with Gasteiger partial charge in [-0.25, -0.2) is 4.39 Å². The molecule has 8 heteroatoms. The maximum atomic E-state index is 13.4. The molecule has 0 aliphatic carbocycles. The number of guanidine groups is 1. The predicted molar refractivity (Wildman–Crippen MR) is 113 cm³/mol. The highest BCUT2D eigenvalue weighted by atomic mass is 127. The minimum absolute atomic E-state index is 0. The second-order valence-corrected chi connectivity index (χ2v) is 6.06. The summed E-state index contributed by atoms with van der Waals surface area (Å²) in [6.07, 6.45) is -0.779. The quantitative estimate of drug-likeness (QED) is 0.290. The van der Waals surface area contributed by atoms with Crippen molar-refractivity contribution in [2.45, 2.75) is 26.5 Å². The van der Waals surface area contributed by atoms with E-state index < -0.39 is 6.10 Å². The lowest BCUT2D eigenvalue weighted by molar-refractivity contribution is 0.151. The Morgan fingerprint density at radius 1 is 1.19 bits per heavy atom. The van der Waals surface area contributed by atoms with Gasteiger partial charge in [0.25, 0.3) is 0 Å². The molecule has 0 spiro atoms. The van der Waals surface area contributed by atoms with Crippen LogP contribution in [0, 0.1) is 19.7 Å². The molecule has 2 heterocycles. The van der Waals surface area contributed by atoms with Gasteiger partial charge in [-0.05, 0) is 44.2 Å². The first kappa shape index (κ1) is 21.2. The summed E-state index contributed by atoms with van der Waals surface area (Å²) in [7, 11) is 1.64. The predicted octanol–water partition coefficient (Wildman–Crippen LogP) is 3.80. The van der Waals surface area contributed by atoms with Crippen molar-refractivity contribution in [1.29, 1.82) is 0 Å². The average Bonchev–Trinajstić information content (AvgIpc) is 3.19. The van der Waals surface area contributed by atoms with Crippen LogP contribution in [0.2, 0.25) is 0 Å². The zero-order valence-corrected chi connectivity index (χ0v) is 17.7. The molecule has 3 rings (SSSR count). The minimum Gasteiger partial charge on any atom is -0.464 e. The highest BCUT2D eigenvalue weighted by molar-refractivity contribution is 14.0. The van der Waals surface area contributed by atoms with Crippen molar-refractivity contribution < 1.29 is 18.3 Å². The van der Waals surface area contributed by atoms with Crippen LogP contribution in [-0.2, 0) is 6.54 Å². The number of nitrogens with one attached hydrogen (secondary N) is 2. The summed E-state index contributed by atoms with van der Waals surface area (Å²) in [5.41, 5.74) is 1.53. The zero-order chi connectivity index (χ0) is 18.7. The number of hydrogen-bond acceptors (Lipinski definition) is 4. The van der Waals surface area contributed by atoms with Crippen LogP contribution in [0.5, 0.6) is 0 Å². The lowest BCUT2D eigenvalue weighted by atomic mass is 10.1. The van der Waals surface area contributed by atoms with Gasteiger partial charge in [-0.15, -0.1) is 24.0 Å². The Hall–Kier alpha value is -2.07. The van der Waals surface area contributed by atoms with Crippen molar-refractivity contribution in [3.63, 3.8) is 0 Å². The molecule has 0 aliphatic rings. The van der Waals surface area contributed by atoms with Crippen LogP contribution in [0.4, 0.5) is 4.39 Å². The second-order valence-electron chi connectivity index (χ2n) is 6.06. The van der Waals surface area contributed by atoms with Crippen LogP contribution < -0.4 is 10.6 Å². The van der Waals surface area contributed by atoms with Crippen molar-refractivity contribution in [3.05, 3.63) is 59.0 Å². The first-order chi connectivity index (χ1) is 12.5. The largest absolute Gasteiger partial charge is 0.464 e. The van der Waals surface area contributed by atoms with Gasteiger partial charge in [0.1, 0.15) is 34.8 Å². The fourth-order valence-electron chi connectivity index (χ4n) is 2.72. The molecular formula is C19H23FIN3O3. The molecule has 0 radical (unpaired) electrons. The molecule has 0 saturated heterocycles. The average molecular weight is 487 g/mol. The number of nitrogens with zero attached hydrogens (tertiary/aromatic N) is 1. The van der Waals surface area contributed by atoms with Crippen LogP contribution in [0.15, 0.2) is 44.2 Å². The maximum Gasteiger partial charge on any atom is 0.191 e. The molecule has 146 valence electrons. The minimum atomic E-state index is -0.779. The fraction of sp³-hybridized carbons (Fsp3) is 0.316.